The van der Waals surface area contributed by atoms with Gasteiger partial charge in [-0.25, -0.2) is 0 Å². The summed E-state index contributed by atoms with van der Waals surface area (Å²) < 4.78 is 6.01. The first-order valence-electron chi connectivity index (χ1n) is 9.42. The number of hydrogen-bond acceptors (Lipinski definition) is 3. The van der Waals surface area contributed by atoms with Gasteiger partial charge in [-0.3, -0.25) is 4.79 Å². The molecule has 0 radical (unpaired) electrons. The van der Waals surface area contributed by atoms with Crippen LogP contribution in [0, 0.1) is 11.8 Å². The summed E-state index contributed by atoms with van der Waals surface area (Å²) in [6, 6.07) is 9.98. The van der Waals surface area contributed by atoms with Crippen LogP contribution >= 0.6 is 12.4 Å². The quantitative estimate of drug-likeness (QED) is 0.867. The van der Waals surface area contributed by atoms with Crippen LogP contribution in [0.5, 0.6) is 5.75 Å². The Morgan fingerprint density at radius 1 is 1.24 bits per heavy atom. The lowest BCUT2D eigenvalue weighted by atomic mass is 9.85. The second-order valence-electron chi connectivity index (χ2n) is 7.30. The molecule has 1 N–H and O–H groups in total. The Labute approximate surface area is 157 Å². The summed E-state index contributed by atoms with van der Waals surface area (Å²) in [4.78, 5) is 14.6. The van der Waals surface area contributed by atoms with Crippen LogP contribution in [0.1, 0.15) is 39.0 Å². The summed E-state index contributed by atoms with van der Waals surface area (Å²) in [6.07, 6.45) is 5.28. The zero-order valence-electron chi connectivity index (χ0n) is 15.2. The molecule has 0 spiro atoms. The summed E-state index contributed by atoms with van der Waals surface area (Å²) in [5.74, 6) is 2.39. The number of nitrogens with zero attached hydrogens (tertiary/aromatic N) is 1. The molecule has 1 aromatic rings. The van der Waals surface area contributed by atoms with Gasteiger partial charge < -0.3 is 15.0 Å². The van der Waals surface area contributed by atoms with E-state index in [1.807, 2.05) is 35.2 Å². The fourth-order valence-electron chi connectivity index (χ4n) is 3.85. The van der Waals surface area contributed by atoms with Gasteiger partial charge in [-0.1, -0.05) is 25.1 Å². The molecule has 3 rings (SSSR count). The molecule has 1 amide bonds. The molecule has 0 aromatic heterocycles. The molecule has 4 nitrogen and oxygen atoms in total. The van der Waals surface area contributed by atoms with Gasteiger partial charge in [0, 0.05) is 32.4 Å². The Kier molecular flexibility index (Phi) is 8.04. The molecule has 0 saturated carbocycles. The first-order valence-corrected chi connectivity index (χ1v) is 9.42. The van der Waals surface area contributed by atoms with Gasteiger partial charge in [-0.2, -0.15) is 0 Å². The SMILES string of the molecule is CC(CC(=O)N1CCC(Oc2ccccc2)CC1)C1CCCNC1.Cl. The van der Waals surface area contributed by atoms with Gasteiger partial charge in [0.05, 0.1) is 0 Å². The van der Waals surface area contributed by atoms with E-state index in [4.69, 9.17) is 4.74 Å². The lowest BCUT2D eigenvalue weighted by Crippen LogP contribution is -2.43. The van der Waals surface area contributed by atoms with Gasteiger partial charge in [0.25, 0.3) is 0 Å². The molecule has 2 atom stereocenters. The third-order valence-electron chi connectivity index (χ3n) is 5.48. The molecule has 2 aliphatic heterocycles. The summed E-state index contributed by atoms with van der Waals surface area (Å²) in [6.45, 7) is 6.09. The highest BCUT2D eigenvalue weighted by atomic mass is 35.5. The number of likely N-dealkylation sites (tertiary alicyclic amines) is 1. The van der Waals surface area contributed by atoms with Gasteiger partial charge in [0.2, 0.25) is 5.91 Å². The van der Waals surface area contributed by atoms with Crippen LogP contribution in [0.4, 0.5) is 0 Å². The maximum absolute atomic E-state index is 12.6. The molecule has 25 heavy (non-hydrogen) atoms. The molecule has 5 heteroatoms. The standard InChI is InChI=1S/C20H30N2O2.ClH/c1-16(17-6-5-11-21-15-17)14-20(23)22-12-9-19(10-13-22)24-18-7-3-2-4-8-18;/h2-4,7-8,16-17,19,21H,5-6,9-15H2,1H3;1H. The van der Waals surface area contributed by atoms with Gasteiger partial charge >= 0.3 is 0 Å². The molecule has 1 aromatic carbocycles. The minimum Gasteiger partial charge on any atom is -0.490 e. The predicted molar refractivity (Wildman–Crippen MR) is 103 cm³/mol. The van der Waals surface area contributed by atoms with Crippen molar-refractivity contribution >= 4 is 18.3 Å². The number of carbonyl (C=O) groups excluding carboxylic acids is 1. The predicted octanol–water partition coefficient (Wildman–Crippen LogP) is 3.50. The number of para-hydroxylation sites is 1. The van der Waals surface area contributed by atoms with Gasteiger partial charge in [-0.15, -0.1) is 12.4 Å². The van der Waals surface area contributed by atoms with Crippen molar-refractivity contribution in [3.8, 4) is 5.75 Å². The summed E-state index contributed by atoms with van der Waals surface area (Å²) in [5, 5.41) is 3.46. The van der Waals surface area contributed by atoms with Crippen molar-refractivity contribution in [1.29, 1.82) is 0 Å². The van der Waals surface area contributed by atoms with E-state index >= 15 is 0 Å². The Morgan fingerprint density at radius 2 is 1.96 bits per heavy atom. The summed E-state index contributed by atoms with van der Waals surface area (Å²) in [5.41, 5.74) is 0. The van der Waals surface area contributed by atoms with E-state index in [9.17, 15) is 4.79 Å². The van der Waals surface area contributed by atoms with E-state index < -0.39 is 0 Å². The third kappa shape index (κ3) is 5.89. The Hall–Kier alpha value is -1.26. The topological polar surface area (TPSA) is 41.6 Å². The minimum absolute atomic E-state index is 0. The Morgan fingerprint density at radius 3 is 2.60 bits per heavy atom. The molecule has 2 saturated heterocycles. The van der Waals surface area contributed by atoms with E-state index in [1.165, 1.54) is 12.8 Å². The Bertz CT molecular complexity index is 512. The van der Waals surface area contributed by atoms with Crippen molar-refractivity contribution in [2.45, 2.75) is 45.1 Å². The number of carbonyl (C=O) groups is 1. The third-order valence-corrected chi connectivity index (χ3v) is 5.48. The molecule has 0 aliphatic carbocycles. The van der Waals surface area contributed by atoms with E-state index in [0.717, 1.165) is 44.8 Å². The lowest BCUT2D eigenvalue weighted by Gasteiger charge is -2.34. The number of ether oxygens (including phenoxy) is 1. The highest BCUT2D eigenvalue weighted by Gasteiger charge is 2.27. The fourth-order valence-corrected chi connectivity index (χ4v) is 3.85. The van der Waals surface area contributed by atoms with E-state index in [2.05, 4.69) is 12.2 Å². The smallest absolute Gasteiger partial charge is 0.222 e. The van der Waals surface area contributed by atoms with E-state index in [0.29, 0.717) is 24.2 Å². The number of piperidine rings is 2. The van der Waals surface area contributed by atoms with Crippen molar-refractivity contribution < 1.29 is 9.53 Å². The van der Waals surface area contributed by atoms with Gasteiger partial charge in [0.1, 0.15) is 11.9 Å². The van der Waals surface area contributed by atoms with Crippen LogP contribution < -0.4 is 10.1 Å². The van der Waals surface area contributed by atoms with Crippen LogP contribution in [0.3, 0.4) is 0 Å². The molecule has 140 valence electrons. The molecule has 2 heterocycles. The van der Waals surface area contributed by atoms with Gasteiger partial charge in [-0.05, 0) is 49.9 Å². The van der Waals surface area contributed by atoms with E-state index in [-0.39, 0.29) is 18.5 Å². The average Bonchev–Trinajstić information content (AvgIpc) is 2.64. The highest BCUT2D eigenvalue weighted by Crippen LogP contribution is 2.25. The zero-order valence-corrected chi connectivity index (χ0v) is 16.0. The molecule has 2 fully saturated rings. The van der Waals surface area contributed by atoms with Gasteiger partial charge in [0.15, 0.2) is 0 Å². The van der Waals surface area contributed by atoms with Crippen LogP contribution in [-0.4, -0.2) is 43.1 Å². The molecular formula is C20H31ClN2O2. The van der Waals surface area contributed by atoms with Crippen LogP contribution in [-0.2, 0) is 4.79 Å². The van der Waals surface area contributed by atoms with Crippen molar-refractivity contribution in [1.82, 2.24) is 10.2 Å². The lowest BCUT2D eigenvalue weighted by molar-refractivity contribution is -0.134. The highest BCUT2D eigenvalue weighted by molar-refractivity contribution is 5.85. The van der Waals surface area contributed by atoms with Crippen LogP contribution in [0.2, 0.25) is 0 Å². The first kappa shape index (κ1) is 20.1. The largest absolute Gasteiger partial charge is 0.490 e. The second kappa shape index (κ2) is 10.0. The normalized spacial score (nSPS) is 22.8. The number of amides is 1. The number of benzene rings is 1. The van der Waals surface area contributed by atoms with Crippen LogP contribution in [0.15, 0.2) is 30.3 Å². The molecule has 2 unspecified atom stereocenters. The van der Waals surface area contributed by atoms with Crippen molar-refractivity contribution in [2.24, 2.45) is 11.8 Å². The number of halogens is 1. The minimum atomic E-state index is 0. The number of hydrogen-bond donors (Lipinski definition) is 1. The Balaban J connectivity index is 0.00000225. The summed E-state index contributed by atoms with van der Waals surface area (Å²) in [7, 11) is 0. The van der Waals surface area contributed by atoms with Crippen molar-refractivity contribution in [3.63, 3.8) is 0 Å². The average molecular weight is 367 g/mol. The van der Waals surface area contributed by atoms with E-state index in [1.54, 1.807) is 0 Å². The number of rotatable bonds is 5. The van der Waals surface area contributed by atoms with Crippen molar-refractivity contribution in [3.05, 3.63) is 30.3 Å². The number of nitrogens with one attached hydrogen (secondary N) is 1. The molecule has 0 bridgehead atoms. The zero-order chi connectivity index (χ0) is 16.8. The van der Waals surface area contributed by atoms with Crippen LogP contribution in [0.25, 0.3) is 0 Å². The second-order valence-corrected chi connectivity index (χ2v) is 7.30. The molecule has 2 aliphatic rings. The monoisotopic (exact) mass is 366 g/mol. The fraction of sp³-hybridized carbons (Fsp3) is 0.650. The molecular weight excluding hydrogens is 336 g/mol. The van der Waals surface area contributed by atoms with Crippen molar-refractivity contribution in [2.75, 3.05) is 26.2 Å². The maximum atomic E-state index is 12.6. The first-order chi connectivity index (χ1) is 11.7. The summed E-state index contributed by atoms with van der Waals surface area (Å²) >= 11 is 0. The maximum Gasteiger partial charge on any atom is 0.222 e.